The molecule has 2 saturated heterocycles. The Balaban J connectivity index is 0.00000341. The highest BCUT2D eigenvalue weighted by Crippen LogP contribution is 2.16. The largest absolute Gasteiger partial charge is 0.369 e. The minimum atomic E-state index is 0. The molecule has 2 N–H and O–H groups in total. The summed E-state index contributed by atoms with van der Waals surface area (Å²) in [6.07, 6.45) is 2.68. The van der Waals surface area contributed by atoms with Crippen molar-refractivity contribution in [2.75, 3.05) is 63.8 Å². The normalized spacial score (nSPS) is 18.6. The van der Waals surface area contributed by atoms with Gasteiger partial charge in [-0.25, -0.2) is 0 Å². The number of halogens is 1. The summed E-state index contributed by atoms with van der Waals surface area (Å²) < 4.78 is 0. The van der Waals surface area contributed by atoms with E-state index in [9.17, 15) is 4.79 Å². The monoisotopic (exact) mass is 542 g/mol. The van der Waals surface area contributed by atoms with Crippen LogP contribution < -0.4 is 15.5 Å². The molecule has 7 nitrogen and oxygen atoms in total. The quantitative estimate of drug-likeness (QED) is 0.217. The summed E-state index contributed by atoms with van der Waals surface area (Å²) in [6.45, 7) is 12.8. The minimum absolute atomic E-state index is 0. The summed E-state index contributed by atoms with van der Waals surface area (Å²) in [5, 5.41) is 6.76. The van der Waals surface area contributed by atoms with Crippen LogP contribution in [0.15, 0.2) is 35.3 Å². The van der Waals surface area contributed by atoms with E-state index < -0.39 is 0 Å². The lowest BCUT2D eigenvalue weighted by Gasteiger charge is -2.38. The van der Waals surface area contributed by atoms with Crippen LogP contribution in [0, 0.1) is 0 Å². The number of para-hydroxylation sites is 1. The first-order valence-electron chi connectivity index (χ1n) is 11.5. The number of nitrogens with one attached hydrogen (secondary N) is 2. The molecule has 0 radical (unpaired) electrons. The molecule has 2 heterocycles. The average molecular weight is 543 g/mol. The van der Waals surface area contributed by atoms with Gasteiger partial charge in [-0.05, 0) is 38.8 Å². The zero-order chi connectivity index (χ0) is 21.2. The van der Waals surface area contributed by atoms with Crippen LogP contribution in [0.2, 0.25) is 0 Å². The number of guanidine groups is 1. The molecule has 174 valence electrons. The Morgan fingerprint density at radius 1 is 1.10 bits per heavy atom. The van der Waals surface area contributed by atoms with E-state index in [0.717, 1.165) is 84.1 Å². The van der Waals surface area contributed by atoms with Gasteiger partial charge in [0.05, 0.1) is 6.54 Å². The molecular formula is C23H39IN6O. The predicted molar refractivity (Wildman–Crippen MR) is 140 cm³/mol. The SMILES string of the molecule is CCNC(=NCC(C)N1CCN(c2ccccc2)CC1)NCCCN1CCCC1=O.I. The van der Waals surface area contributed by atoms with Gasteiger partial charge in [0.15, 0.2) is 5.96 Å². The van der Waals surface area contributed by atoms with Crippen LogP contribution in [0.1, 0.15) is 33.1 Å². The highest BCUT2D eigenvalue weighted by molar-refractivity contribution is 14.0. The Bertz CT molecular complexity index is 678. The van der Waals surface area contributed by atoms with Crippen molar-refractivity contribution in [1.82, 2.24) is 20.4 Å². The van der Waals surface area contributed by atoms with Crippen LogP contribution in [0.4, 0.5) is 5.69 Å². The highest BCUT2D eigenvalue weighted by atomic mass is 127. The number of likely N-dealkylation sites (tertiary alicyclic amines) is 1. The van der Waals surface area contributed by atoms with Gasteiger partial charge in [0.25, 0.3) is 0 Å². The van der Waals surface area contributed by atoms with Crippen molar-refractivity contribution < 1.29 is 4.79 Å². The summed E-state index contributed by atoms with van der Waals surface area (Å²) >= 11 is 0. The fraction of sp³-hybridized carbons (Fsp3) is 0.652. The number of nitrogens with zero attached hydrogens (tertiary/aromatic N) is 4. The lowest BCUT2D eigenvalue weighted by Crippen LogP contribution is -2.50. The first-order chi connectivity index (χ1) is 14.7. The fourth-order valence-corrected chi connectivity index (χ4v) is 4.16. The number of benzene rings is 1. The predicted octanol–water partition coefficient (Wildman–Crippen LogP) is 2.38. The van der Waals surface area contributed by atoms with E-state index in [4.69, 9.17) is 4.99 Å². The number of carbonyl (C=O) groups excluding carboxylic acids is 1. The van der Waals surface area contributed by atoms with E-state index in [2.05, 4.69) is 64.6 Å². The Labute approximate surface area is 204 Å². The molecule has 31 heavy (non-hydrogen) atoms. The molecule has 0 spiro atoms. The van der Waals surface area contributed by atoms with Crippen LogP contribution >= 0.6 is 24.0 Å². The van der Waals surface area contributed by atoms with E-state index >= 15 is 0 Å². The van der Waals surface area contributed by atoms with Gasteiger partial charge in [-0.3, -0.25) is 14.7 Å². The molecule has 1 aromatic rings. The van der Waals surface area contributed by atoms with Crippen molar-refractivity contribution in [2.24, 2.45) is 4.99 Å². The Kier molecular flexibility index (Phi) is 11.4. The average Bonchev–Trinajstić information content (AvgIpc) is 3.20. The topological polar surface area (TPSA) is 63.2 Å². The highest BCUT2D eigenvalue weighted by Gasteiger charge is 2.21. The van der Waals surface area contributed by atoms with E-state index in [1.165, 1.54) is 5.69 Å². The molecule has 2 aliphatic rings. The molecule has 0 aromatic heterocycles. The lowest BCUT2D eigenvalue weighted by atomic mass is 10.2. The molecule has 1 atom stereocenters. The van der Waals surface area contributed by atoms with Crippen LogP contribution in [-0.4, -0.2) is 86.6 Å². The number of hydrogen-bond acceptors (Lipinski definition) is 4. The first kappa shape index (κ1) is 25.7. The van der Waals surface area contributed by atoms with E-state index in [1.807, 2.05) is 4.90 Å². The molecule has 1 amide bonds. The zero-order valence-corrected chi connectivity index (χ0v) is 21.4. The molecule has 2 aliphatic heterocycles. The van der Waals surface area contributed by atoms with E-state index in [0.29, 0.717) is 11.9 Å². The Hall–Kier alpha value is -1.55. The van der Waals surface area contributed by atoms with Gasteiger partial charge in [-0.1, -0.05) is 18.2 Å². The molecule has 2 fully saturated rings. The summed E-state index contributed by atoms with van der Waals surface area (Å²) in [5.74, 6) is 1.18. The number of rotatable bonds is 9. The third-order valence-electron chi connectivity index (χ3n) is 5.99. The van der Waals surface area contributed by atoms with Gasteiger partial charge < -0.3 is 20.4 Å². The lowest BCUT2D eigenvalue weighted by molar-refractivity contribution is -0.127. The van der Waals surface area contributed by atoms with Crippen LogP contribution in [0.25, 0.3) is 0 Å². The van der Waals surface area contributed by atoms with Crippen LogP contribution in [0.5, 0.6) is 0 Å². The first-order valence-corrected chi connectivity index (χ1v) is 11.5. The smallest absolute Gasteiger partial charge is 0.222 e. The van der Waals surface area contributed by atoms with Gasteiger partial charge in [-0.15, -0.1) is 24.0 Å². The minimum Gasteiger partial charge on any atom is -0.369 e. The molecular weight excluding hydrogens is 503 g/mol. The van der Waals surface area contributed by atoms with Gasteiger partial charge in [0.1, 0.15) is 0 Å². The van der Waals surface area contributed by atoms with Crippen molar-refractivity contribution in [3.05, 3.63) is 30.3 Å². The molecule has 1 unspecified atom stereocenters. The number of amides is 1. The number of carbonyl (C=O) groups is 1. The molecule has 0 aliphatic carbocycles. The van der Waals surface area contributed by atoms with Gasteiger partial charge in [-0.2, -0.15) is 0 Å². The van der Waals surface area contributed by atoms with Gasteiger partial charge >= 0.3 is 0 Å². The maximum atomic E-state index is 11.7. The van der Waals surface area contributed by atoms with Gasteiger partial charge in [0, 0.05) is 70.5 Å². The van der Waals surface area contributed by atoms with Gasteiger partial charge in [0.2, 0.25) is 5.91 Å². The summed E-state index contributed by atoms with van der Waals surface area (Å²) in [5.41, 5.74) is 1.32. The second-order valence-corrected chi connectivity index (χ2v) is 8.19. The number of anilines is 1. The molecule has 1 aromatic carbocycles. The number of piperazine rings is 1. The maximum Gasteiger partial charge on any atom is 0.222 e. The summed E-state index contributed by atoms with van der Waals surface area (Å²) in [7, 11) is 0. The second-order valence-electron chi connectivity index (χ2n) is 8.19. The van der Waals surface area contributed by atoms with Crippen molar-refractivity contribution >= 4 is 41.5 Å². The molecule has 0 saturated carbocycles. The van der Waals surface area contributed by atoms with Crippen molar-refractivity contribution in [1.29, 1.82) is 0 Å². The summed E-state index contributed by atoms with van der Waals surface area (Å²) in [4.78, 5) is 23.5. The standard InChI is InChI=1S/C23H38N6O.HI/c1-3-24-23(25-12-8-14-29-13-7-11-22(29)30)26-19-20(2)27-15-17-28(18-16-27)21-9-5-4-6-10-21;/h4-6,9-10,20H,3,7-8,11-19H2,1-2H3,(H2,24,25,26);1H. The number of hydrogen-bond donors (Lipinski definition) is 2. The third-order valence-corrected chi connectivity index (χ3v) is 5.99. The molecule has 8 heteroatoms. The van der Waals surface area contributed by atoms with Crippen molar-refractivity contribution in [3.63, 3.8) is 0 Å². The Morgan fingerprint density at radius 3 is 2.48 bits per heavy atom. The summed E-state index contributed by atoms with van der Waals surface area (Å²) in [6, 6.07) is 11.1. The number of aliphatic imine (C=N–C) groups is 1. The van der Waals surface area contributed by atoms with E-state index in [1.54, 1.807) is 0 Å². The second kappa shape index (κ2) is 13.8. The zero-order valence-electron chi connectivity index (χ0n) is 19.1. The maximum absolute atomic E-state index is 11.7. The van der Waals surface area contributed by atoms with Crippen LogP contribution in [-0.2, 0) is 4.79 Å². The van der Waals surface area contributed by atoms with Crippen molar-refractivity contribution in [2.45, 2.75) is 39.2 Å². The molecule has 0 bridgehead atoms. The Morgan fingerprint density at radius 2 is 1.84 bits per heavy atom. The van der Waals surface area contributed by atoms with Crippen LogP contribution in [0.3, 0.4) is 0 Å². The fourth-order valence-electron chi connectivity index (χ4n) is 4.16. The third kappa shape index (κ3) is 8.14. The molecule has 3 rings (SSSR count). The van der Waals surface area contributed by atoms with E-state index in [-0.39, 0.29) is 24.0 Å². The van der Waals surface area contributed by atoms with Crippen molar-refractivity contribution in [3.8, 4) is 0 Å².